The van der Waals surface area contributed by atoms with Crippen LogP contribution in [0.4, 0.5) is 0 Å². The van der Waals surface area contributed by atoms with Crippen LogP contribution >= 0.6 is 0 Å². The second-order valence-electron chi connectivity index (χ2n) is 7.65. The molecule has 8 heteroatoms. The molecule has 0 spiro atoms. The van der Waals surface area contributed by atoms with Gasteiger partial charge in [0.1, 0.15) is 0 Å². The second kappa shape index (κ2) is 7.33. The Kier molecular flexibility index (Phi) is 5.01. The number of nitrogens with zero attached hydrogens (tertiary/aromatic N) is 4. The minimum atomic E-state index is -3.55. The summed E-state index contributed by atoms with van der Waals surface area (Å²) in [6, 6.07) is 5.38. The van der Waals surface area contributed by atoms with Gasteiger partial charge in [0.2, 0.25) is 10.0 Å². The van der Waals surface area contributed by atoms with Crippen molar-refractivity contribution in [3.05, 3.63) is 46.8 Å². The van der Waals surface area contributed by atoms with Gasteiger partial charge < -0.3 is 4.90 Å². The number of carbonyl (C=O) groups is 1. The Morgan fingerprint density at radius 1 is 1.04 bits per heavy atom. The molecule has 7 nitrogen and oxygen atoms in total. The Morgan fingerprint density at radius 2 is 1.79 bits per heavy atom. The third kappa shape index (κ3) is 3.35. The summed E-state index contributed by atoms with van der Waals surface area (Å²) in [6.45, 7) is 6.05. The minimum Gasteiger partial charge on any atom is -0.336 e. The molecule has 1 aromatic carbocycles. The molecule has 150 valence electrons. The smallest absolute Gasteiger partial charge is 0.257 e. The van der Waals surface area contributed by atoms with Crippen molar-refractivity contribution in [2.24, 2.45) is 0 Å². The average molecular weight is 403 g/mol. The number of amides is 1. The number of aromatic nitrogens is 2. The van der Waals surface area contributed by atoms with E-state index in [1.165, 1.54) is 4.31 Å². The number of carbonyl (C=O) groups excluding carboxylic acids is 1. The van der Waals surface area contributed by atoms with Crippen LogP contribution in [0.5, 0.6) is 0 Å². The molecule has 0 atom stereocenters. The zero-order valence-corrected chi connectivity index (χ0v) is 17.2. The fourth-order valence-corrected chi connectivity index (χ4v) is 5.76. The van der Waals surface area contributed by atoms with Crippen molar-refractivity contribution in [3.8, 4) is 0 Å². The number of fused-ring (bicyclic) bond motifs is 1. The zero-order valence-electron chi connectivity index (χ0n) is 16.4. The molecule has 0 bridgehead atoms. The molecular weight excluding hydrogens is 376 g/mol. The molecule has 1 saturated heterocycles. The average Bonchev–Trinajstić information content (AvgIpc) is 3.11. The Morgan fingerprint density at radius 3 is 2.50 bits per heavy atom. The van der Waals surface area contributed by atoms with Crippen LogP contribution in [0.3, 0.4) is 0 Å². The summed E-state index contributed by atoms with van der Waals surface area (Å²) in [6.07, 6.45) is 4.72. The lowest BCUT2D eigenvalue weighted by molar-refractivity contribution is 0.0696. The molecule has 1 aromatic heterocycles. The van der Waals surface area contributed by atoms with Gasteiger partial charge in [0.05, 0.1) is 22.3 Å². The molecule has 0 saturated carbocycles. The van der Waals surface area contributed by atoms with Gasteiger partial charge in [-0.05, 0) is 44.7 Å². The normalized spacial score (nSPS) is 18.1. The summed E-state index contributed by atoms with van der Waals surface area (Å²) in [7, 11) is -3.55. The van der Waals surface area contributed by atoms with E-state index in [1.54, 1.807) is 17.2 Å². The van der Waals surface area contributed by atoms with Crippen molar-refractivity contribution >= 4 is 15.9 Å². The number of benzene rings is 1. The molecule has 1 amide bonds. The first-order valence-corrected chi connectivity index (χ1v) is 11.2. The summed E-state index contributed by atoms with van der Waals surface area (Å²) < 4.78 is 29.5. The Hall–Kier alpha value is -2.19. The van der Waals surface area contributed by atoms with Crippen LogP contribution in [-0.2, 0) is 23.0 Å². The second-order valence-corrected chi connectivity index (χ2v) is 9.56. The lowest BCUT2D eigenvalue weighted by Gasteiger charge is -2.34. The van der Waals surface area contributed by atoms with E-state index in [9.17, 15) is 13.2 Å². The number of piperazine rings is 1. The van der Waals surface area contributed by atoms with Gasteiger partial charge >= 0.3 is 0 Å². The quantitative estimate of drug-likeness (QED) is 0.787. The van der Waals surface area contributed by atoms with Gasteiger partial charge in [-0.3, -0.25) is 9.48 Å². The van der Waals surface area contributed by atoms with Crippen molar-refractivity contribution in [2.45, 2.75) is 44.6 Å². The third-order valence-electron chi connectivity index (χ3n) is 5.69. The first-order valence-electron chi connectivity index (χ1n) is 9.79. The molecule has 1 fully saturated rings. The Bertz CT molecular complexity index is 1000. The SMILES string of the molecule is Cc1ccc(S(=O)(=O)N2CCN(C(=O)c3cnn4c3CCCC4)CC2)c(C)c1. The summed E-state index contributed by atoms with van der Waals surface area (Å²) in [5, 5.41) is 4.35. The Balaban J connectivity index is 1.47. The van der Waals surface area contributed by atoms with Gasteiger partial charge in [-0.1, -0.05) is 17.7 Å². The van der Waals surface area contributed by atoms with Crippen LogP contribution in [0.2, 0.25) is 0 Å². The van der Waals surface area contributed by atoms with Crippen LogP contribution in [-0.4, -0.2) is 59.5 Å². The van der Waals surface area contributed by atoms with Crippen LogP contribution in [0.1, 0.15) is 40.0 Å². The molecule has 3 heterocycles. The summed E-state index contributed by atoms with van der Waals surface area (Å²) in [4.78, 5) is 15.1. The first-order chi connectivity index (χ1) is 13.4. The molecule has 0 radical (unpaired) electrons. The number of hydrogen-bond donors (Lipinski definition) is 0. The van der Waals surface area contributed by atoms with Crippen molar-refractivity contribution < 1.29 is 13.2 Å². The standard InChI is InChI=1S/C20H26N4O3S/c1-15-6-7-19(16(2)13-15)28(26,27)23-11-9-22(10-12-23)20(25)17-14-21-24-8-4-3-5-18(17)24/h6-7,13-14H,3-5,8-12H2,1-2H3. The van der Waals surface area contributed by atoms with Crippen molar-refractivity contribution in [3.63, 3.8) is 0 Å². The van der Waals surface area contributed by atoms with Crippen LogP contribution in [0.25, 0.3) is 0 Å². The summed E-state index contributed by atoms with van der Waals surface area (Å²) >= 11 is 0. The van der Waals surface area contributed by atoms with E-state index >= 15 is 0 Å². The van der Waals surface area contributed by atoms with E-state index in [0.29, 0.717) is 36.6 Å². The molecule has 28 heavy (non-hydrogen) atoms. The largest absolute Gasteiger partial charge is 0.336 e. The highest BCUT2D eigenvalue weighted by Gasteiger charge is 2.32. The molecule has 0 aliphatic carbocycles. The molecule has 0 unspecified atom stereocenters. The molecule has 4 rings (SSSR count). The number of rotatable bonds is 3. The lowest BCUT2D eigenvalue weighted by atomic mass is 10.1. The highest BCUT2D eigenvalue weighted by atomic mass is 32.2. The maximum Gasteiger partial charge on any atom is 0.257 e. The fraction of sp³-hybridized carbons (Fsp3) is 0.500. The number of aryl methyl sites for hydroxylation is 3. The van der Waals surface area contributed by atoms with E-state index in [-0.39, 0.29) is 5.91 Å². The zero-order chi connectivity index (χ0) is 19.9. The molecule has 0 N–H and O–H groups in total. The van der Waals surface area contributed by atoms with Gasteiger partial charge in [-0.15, -0.1) is 0 Å². The highest BCUT2D eigenvalue weighted by molar-refractivity contribution is 7.89. The molecular formula is C20H26N4O3S. The van der Waals surface area contributed by atoms with Gasteiger partial charge in [0.15, 0.2) is 0 Å². The third-order valence-corrected chi connectivity index (χ3v) is 7.75. The molecule has 2 aliphatic heterocycles. The monoisotopic (exact) mass is 402 g/mol. The van der Waals surface area contributed by atoms with E-state index < -0.39 is 10.0 Å². The lowest BCUT2D eigenvalue weighted by Crippen LogP contribution is -2.50. The predicted molar refractivity (Wildman–Crippen MR) is 106 cm³/mol. The maximum atomic E-state index is 13.0. The maximum absolute atomic E-state index is 13.0. The highest BCUT2D eigenvalue weighted by Crippen LogP contribution is 2.24. The van der Waals surface area contributed by atoms with Crippen molar-refractivity contribution in [2.75, 3.05) is 26.2 Å². The summed E-state index contributed by atoms with van der Waals surface area (Å²) in [5.41, 5.74) is 3.48. The van der Waals surface area contributed by atoms with E-state index in [2.05, 4.69) is 5.10 Å². The van der Waals surface area contributed by atoms with Gasteiger partial charge in [0.25, 0.3) is 5.91 Å². The van der Waals surface area contributed by atoms with Crippen LogP contribution in [0.15, 0.2) is 29.3 Å². The molecule has 2 aliphatic rings. The minimum absolute atomic E-state index is 0.0354. The van der Waals surface area contributed by atoms with Crippen LogP contribution in [0, 0.1) is 13.8 Å². The molecule has 2 aromatic rings. The Labute approximate surface area is 166 Å². The van der Waals surface area contributed by atoms with Crippen molar-refractivity contribution in [1.29, 1.82) is 0 Å². The van der Waals surface area contributed by atoms with Crippen molar-refractivity contribution in [1.82, 2.24) is 19.0 Å². The van der Waals surface area contributed by atoms with E-state index in [4.69, 9.17) is 0 Å². The van der Waals surface area contributed by atoms with Crippen LogP contribution < -0.4 is 0 Å². The summed E-state index contributed by atoms with van der Waals surface area (Å²) in [5.74, 6) is -0.0354. The number of hydrogen-bond acceptors (Lipinski definition) is 4. The number of sulfonamides is 1. The topological polar surface area (TPSA) is 75.5 Å². The van der Waals surface area contributed by atoms with Gasteiger partial charge in [0, 0.05) is 32.7 Å². The predicted octanol–water partition coefficient (Wildman–Crippen LogP) is 1.98. The first kappa shape index (κ1) is 19.1. The van der Waals surface area contributed by atoms with E-state index in [0.717, 1.165) is 42.6 Å². The fourth-order valence-electron chi connectivity index (χ4n) is 4.13. The van der Waals surface area contributed by atoms with E-state index in [1.807, 2.05) is 30.7 Å². The van der Waals surface area contributed by atoms with Gasteiger partial charge in [-0.25, -0.2) is 8.42 Å². The van der Waals surface area contributed by atoms with Gasteiger partial charge in [-0.2, -0.15) is 9.40 Å².